The van der Waals surface area contributed by atoms with Crippen molar-refractivity contribution >= 4 is 22.5 Å². The monoisotopic (exact) mass is 247 g/mol. The Bertz CT molecular complexity index is 582. The molecule has 0 radical (unpaired) electrons. The lowest BCUT2D eigenvalue weighted by molar-refractivity contribution is 0.573. The number of aromatic nitrogens is 3. The summed E-state index contributed by atoms with van der Waals surface area (Å²) in [5.74, 6) is 1.50. The molecule has 0 amide bonds. The second kappa shape index (κ2) is 3.45. The van der Waals surface area contributed by atoms with Crippen LogP contribution in [0.2, 0.25) is 5.15 Å². The summed E-state index contributed by atoms with van der Waals surface area (Å²) in [6.07, 6.45) is 7.13. The average Bonchev–Trinajstić information content (AvgIpc) is 3.20. The highest BCUT2D eigenvalue weighted by molar-refractivity contribution is 6.30. The summed E-state index contributed by atoms with van der Waals surface area (Å²) in [7, 11) is 0. The first-order valence-corrected chi connectivity index (χ1v) is 6.71. The lowest BCUT2D eigenvalue weighted by atomic mass is 10.2. The summed E-state index contributed by atoms with van der Waals surface area (Å²) in [5.41, 5.74) is 2.41. The third-order valence-corrected chi connectivity index (χ3v) is 3.93. The molecule has 2 fully saturated rings. The Morgan fingerprint density at radius 1 is 1.29 bits per heavy atom. The van der Waals surface area contributed by atoms with E-state index in [1.807, 2.05) is 12.3 Å². The van der Waals surface area contributed by atoms with Crippen LogP contribution in [0.4, 0.5) is 0 Å². The van der Waals surface area contributed by atoms with Gasteiger partial charge in [-0.05, 0) is 31.6 Å². The van der Waals surface area contributed by atoms with Crippen molar-refractivity contribution in [2.75, 3.05) is 0 Å². The molecule has 0 aliphatic heterocycles. The molecular weight excluding hydrogens is 234 g/mol. The van der Waals surface area contributed by atoms with Gasteiger partial charge in [0.15, 0.2) is 0 Å². The predicted octanol–water partition coefficient (Wildman–Crippen LogP) is 3.37. The zero-order chi connectivity index (χ0) is 11.4. The second-order valence-corrected chi connectivity index (χ2v) is 5.70. The molecule has 2 heterocycles. The van der Waals surface area contributed by atoms with Gasteiger partial charge < -0.3 is 0 Å². The van der Waals surface area contributed by atoms with E-state index in [0.717, 1.165) is 12.5 Å². The number of hydrogen-bond donors (Lipinski definition) is 0. The SMILES string of the molecule is Clc1cc2c(cn1)c(C1CC1)nn2CC1CC1. The summed E-state index contributed by atoms with van der Waals surface area (Å²) >= 11 is 6.00. The lowest BCUT2D eigenvalue weighted by Crippen LogP contribution is -2.02. The van der Waals surface area contributed by atoms with Crippen LogP contribution in [0.25, 0.3) is 10.9 Å². The van der Waals surface area contributed by atoms with Crippen molar-refractivity contribution in [2.24, 2.45) is 5.92 Å². The van der Waals surface area contributed by atoms with Gasteiger partial charge in [-0.1, -0.05) is 11.6 Å². The van der Waals surface area contributed by atoms with Crippen LogP contribution >= 0.6 is 11.6 Å². The van der Waals surface area contributed by atoms with Gasteiger partial charge in [0.2, 0.25) is 0 Å². The number of fused-ring (bicyclic) bond motifs is 1. The maximum Gasteiger partial charge on any atom is 0.131 e. The third-order valence-electron chi connectivity index (χ3n) is 3.72. The van der Waals surface area contributed by atoms with E-state index in [1.165, 1.54) is 42.3 Å². The lowest BCUT2D eigenvalue weighted by Gasteiger charge is -2.00. The third kappa shape index (κ3) is 1.73. The Kier molecular flexibility index (Phi) is 2.01. The topological polar surface area (TPSA) is 30.7 Å². The first kappa shape index (κ1) is 9.89. The van der Waals surface area contributed by atoms with Crippen molar-refractivity contribution in [2.45, 2.75) is 38.1 Å². The molecule has 4 rings (SSSR count). The minimum Gasteiger partial charge on any atom is -0.264 e. The first-order valence-electron chi connectivity index (χ1n) is 6.33. The fraction of sp³-hybridized carbons (Fsp3) is 0.538. The fourth-order valence-corrected chi connectivity index (χ4v) is 2.56. The number of pyridine rings is 1. The summed E-state index contributed by atoms with van der Waals surface area (Å²) in [6.45, 7) is 1.05. The van der Waals surface area contributed by atoms with Crippen molar-refractivity contribution in [3.05, 3.63) is 23.1 Å². The molecule has 0 saturated heterocycles. The van der Waals surface area contributed by atoms with E-state index >= 15 is 0 Å². The molecule has 4 heteroatoms. The zero-order valence-corrected chi connectivity index (χ0v) is 10.3. The van der Waals surface area contributed by atoms with Crippen molar-refractivity contribution in [1.82, 2.24) is 14.8 Å². The van der Waals surface area contributed by atoms with Gasteiger partial charge >= 0.3 is 0 Å². The molecule has 0 bridgehead atoms. The van der Waals surface area contributed by atoms with Crippen molar-refractivity contribution < 1.29 is 0 Å². The van der Waals surface area contributed by atoms with Gasteiger partial charge in [0.1, 0.15) is 5.15 Å². The van der Waals surface area contributed by atoms with Crippen LogP contribution in [0.3, 0.4) is 0 Å². The molecule has 2 aromatic heterocycles. The molecule has 88 valence electrons. The standard InChI is InChI=1S/C13H14ClN3/c14-12-5-11-10(6-15-12)13(9-3-4-9)16-17(11)7-8-1-2-8/h5-6,8-9H,1-4,7H2. The van der Waals surface area contributed by atoms with Crippen molar-refractivity contribution in [3.63, 3.8) is 0 Å². The van der Waals surface area contributed by atoms with Gasteiger partial charge in [0.05, 0.1) is 11.2 Å². The zero-order valence-electron chi connectivity index (χ0n) is 9.56. The highest BCUT2D eigenvalue weighted by Gasteiger charge is 2.30. The molecule has 2 aliphatic rings. The molecule has 3 nitrogen and oxygen atoms in total. The molecule has 0 atom stereocenters. The van der Waals surface area contributed by atoms with Crippen molar-refractivity contribution in [1.29, 1.82) is 0 Å². The molecule has 0 spiro atoms. The number of nitrogens with zero attached hydrogens (tertiary/aromatic N) is 3. The highest BCUT2D eigenvalue weighted by atomic mass is 35.5. The Hall–Kier alpha value is -1.09. The molecule has 17 heavy (non-hydrogen) atoms. The summed E-state index contributed by atoms with van der Waals surface area (Å²) in [5, 5.41) is 6.56. The molecule has 2 aromatic rings. The van der Waals surface area contributed by atoms with Gasteiger partial charge in [-0.3, -0.25) is 4.68 Å². The molecule has 0 unspecified atom stereocenters. The summed E-state index contributed by atoms with van der Waals surface area (Å²) in [6, 6.07) is 1.96. The maximum absolute atomic E-state index is 6.00. The minimum atomic E-state index is 0.566. The minimum absolute atomic E-state index is 0.566. The van der Waals surface area contributed by atoms with Crippen LogP contribution in [0.15, 0.2) is 12.3 Å². The molecule has 2 aliphatic carbocycles. The van der Waals surface area contributed by atoms with Gasteiger partial charge in [0, 0.05) is 30.1 Å². The van der Waals surface area contributed by atoms with Gasteiger partial charge in [-0.2, -0.15) is 5.10 Å². The van der Waals surface area contributed by atoms with Crippen LogP contribution < -0.4 is 0 Å². The number of rotatable bonds is 3. The average molecular weight is 248 g/mol. The van der Waals surface area contributed by atoms with Gasteiger partial charge in [-0.25, -0.2) is 4.98 Å². The summed E-state index contributed by atoms with van der Waals surface area (Å²) in [4.78, 5) is 4.20. The quantitative estimate of drug-likeness (QED) is 0.779. The Morgan fingerprint density at radius 3 is 2.82 bits per heavy atom. The largest absolute Gasteiger partial charge is 0.264 e. The van der Waals surface area contributed by atoms with Gasteiger partial charge in [-0.15, -0.1) is 0 Å². The van der Waals surface area contributed by atoms with E-state index < -0.39 is 0 Å². The van der Waals surface area contributed by atoms with E-state index in [1.54, 1.807) is 0 Å². The second-order valence-electron chi connectivity index (χ2n) is 5.31. The van der Waals surface area contributed by atoms with Crippen molar-refractivity contribution in [3.8, 4) is 0 Å². The normalized spacial score (nSPS) is 20.1. The van der Waals surface area contributed by atoms with E-state index in [-0.39, 0.29) is 0 Å². The molecule has 2 saturated carbocycles. The van der Waals surface area contributed by atoms with Crippen LogP contribution in [0.5, 0.6) is 0 Å². The maximum atomic E-state index is 6.00. The molecule has 0 aromatic carbocycles. The van der Waals surface area contributed by atoms with E-state index in [9.17, 15) is 0 Å². The van der Waals surface area contributed by atoms with E-state index in [0.29, 0.717) is 11.1 Å². The van der Waals surface area contributed by atoms with Crippen LogP contribution in [0.1, 0.15) is 37.3 Å². The van der Waals surface area contributed by atoms with Crippen LogP contribution in [-0.4, -0.2) is 14.8 Å². The first-order chi connectivity index (χ1) is 8.31. The Morgan fingerprint density at radius 2 is 2.12 bits per heavy atom. The highest BCUT2D eigenvalue weighted by Crippen LogP contribution is 2.43. The fourth-order valence-electron chi connectivity index (χ4n) is 2.41. The molecular formula is C13H14ClN3. The smallest absolute Gasteiger partial charge is 0.131 e. The summed E-state index contributed by atoms with van der Waals surface area (Å²) < 4.78 is 2.15. The number of halogens is 1. The Balaban J connectivity index is 1.88. The van der Waals surface area contributed by atoms with Gasteiger partial charge in [0.25, 0.3) is 0 Å². The van der Waals surface area contributed by atoms with Crippen LogP contribution in [0, 0.1) is 5.92 Å². The van der Waals surface area contributed by atoms with E-state index in [4.69, 9.17) is 16.7 Å². The number of hydrogen-bond acceptors (Lipinski definition) is 2. The molecule has 0 N–H and O–H groups in total. The van der Waals surface area contributed by atoms with E-state index in [2.05, 4.69) is 9.67 Å². The Labute approximate surface area is 105 Å². The van der Waals surface area contributed by atoms with Crippen LogP contribution in [-0.2, 0) is 6.54 Å². The predicted molar refractivity (Wildman–Crippen MR) is 67.2 cm³/mol.